The van der Waals surface area contributed by atoms with Crippen molar-refractivity contribution in [3.63, 3.8) is 0 Å². The molecule has 1 aromatic heterocycles. The van der Waals surface area contributed by atoms with E-state index in [-0.39, 0.29) is 0 Å². The van der Waals surface area contributed by atoms with E-state index >= 15 is 0 Å². The van der Waals surface area contributed by atoms with Crippen LogP contribution in [0.5, 0.6) is 0 Å². The van der Waals surface area contributed by atoms with E-state index in [1.54, 1.807) is 0 Å². The SMILES string of the molecule is N#CCCN(Cc1ccccc1)Cc1cnc(-c2ccccc2)[nH]1. The summed E-state index contributed by atoms with van der Waals surface area (Å²) in [4.78, 5) is 10.1. The third-order valence-corrected chi connectivity index (χ3v) is 3.86. The molecule has 0 bridgehead atoms. The lowest BCUT2D eigenvalue weighted by Gasteiger charge is -2.20. The largest absolute Gasteiger partial charge is 0.341 e. The van der Waals surface area contributed by atoms with E-state index < -0.39 is 0 Å². The third kappa shape index (κ3) is 4.31. The van der Waals surface area contributed by atoms with Crippen molar-refractivity contribution in [1.82, 2.24) is 14.9 Å². The average Bonchev–Trinajstić information content (AvgIpc) is 3.10. The van der Waals surface area contributed by atoms with Crippen molar-refractivity contribution < 1.29 is 0 Å². The highest BCUT2D eigenvalue weighted by molar-refractivity contribution is 5.54. The highest BCUT2D eigenvalue weighted by atomic mass is 15.1. The van der Waals surface area contributed by atoms with Gasteiger partial charge in [0.25, 0.3) is 0 Å². The Morgan fingerprint density at radius 3 is 2.38 bits per heavy atom. The number of aromatic amines is 1. The molecule has 4 nitrogen and oxygen atoms in total. The minimum absolute atomic E-state index is 0.520. The van der Waals surface area contributed by atoms with Gasteiger partial charge in [-0.3, -0.25) is 4.90 Å². The molecule has 0 aliphatic carbocycles. The van der Waals surface area contributed by atoms with Crippen molar-refractivity contribution >= 4 is 0 Å². The van der Waals surface area contributed by atoms with Crippen LogP contribution in [-0.4, -0.2) is 21.4 Å². The zero-order chi connectivity index (χ0) is 16.6. The molecule has 1 N–H and O–H groups in total. The number of benzene rings is 2. The van der Waals surface area contributed by atoms with Gasteiger partial charge in [0, 0.05) is 43.5 Å². The Labute approximate surface area is 142 Å². The van der Waals surface area contributed by atoms with E-state index in [1.807, 2.05) is 54.7 Å². The van der Waals surface area contributed by atoms with Gasteiger partial charge in [0.2, 0.25) is 0 Å². The van der Waals surface area contributed by atoms with Gasteiger partial charge in [0.15, 0.2) is 0 Å². The van der Waals surface area contributed by atoms with E-state index in [1.165, 1.54) is 5.56 Å². The molecule has 2 aromatic carbocycles. The molecule has 24 heavy (non-hydrogen) atoms. The fraction of sp³-hybridized carbons (Fsp3) is 0.200. The molecular formula is C20H20N4. The number of nitrogens with one attached hydrogen (secondary N) is 1. The first-order chi connectivity index (χ1) is 11.8. The van der Waals surface area contributed by atoms with Gasteiger partial charge in [0.1, 0.15) is 5.82 Å². The van der Waals surface area contributed by atoms with Crippen molar-refractivity contribution in [1.29, 1.82) is 5.26 Å². The van der Waals surface area contributed by atoms with E-state index in [4.69, 9.17) is 5.26 Å². The predicted molar refractivity (Wildman–Crippen MR) is 94.8 cm³/mol. The van der Waals surface area contributed by atoms with Gasteiger partial charge in [-0.05, 0) is 5.56 Å². The fourth-order valence-electron chi connectivity index (χ4n) is 2.69. The summed E-state index contributed by atoms with van der Waals surface area (Å²) in [7, 11) is 0. The van der Waals surface area contributed by atoms with Gasteiger partial charge in [-0.25, -0.2) is 4.98 Å². The smallest absolute Gasteiger partial charge is 0.137 e. The maximum Gasteiger partial charge on any atom is 0.137 e. The Hall–Kier alpha value is -2.90. The van der Waals surface area contributed by atoms with Gasteiger partial charge in [0.05, 0.1) is 6.07 Å². The summed E-state index contributed by atoms with van der Waals surface area (Å²) < 4.78 is 0. The molecule has 0 amide bonds. The summed E-state index contributed by atoms with van der Waals surface area (Å²) in [6, 6.07) is 22.7. The first-order valence-corrected chi connectivity index (χ1v) is 8.07. The zero-order valence-corrected chi connectivity index (χ0v) is 13.5. The summed E-state index contributed by atoms with van der Waals surface area (Å²) >= 11 is 0. The highest BCUT2D eigenvalue weighted by Gasteiger charge is 2.10. The second-order valence-electron chi connectivity index (χ2n) is 5.73. The first kappa shape index (κ1) is 16.0. The van der Waals surface area contributed by atoms with Crippen molar-refractivity contribution in [2.45, 2.75) is 19.5 Å². The number of nitrogens with zero attached hydrogens (tertiary/aromatic N) is 3. The quantitative estimate of drug-likeness (QED) is 0.717. The molecule has 0 saturated carbocycles. The minimum Gasteiger partial charge on any atom is -0.341 e. The van der Waals surface area contributed by atoms with Crippen LogP contribution in [-0.2, 0) is 13.1 Å². The topological polar surface area (TPSA) is 55.7 Å². The Morgan fingerprint density at radius 1 is 0.958 bits per heavy atom. The molecule has 1 heterocycles. The molecule has 0 fully saturated rings. The number of nitriles is 1. The Morgan fingerprint density at radius 2 is 1.67 bits per heavy atom. The van der Waals surface area contributed by atoms with Gasteiger partial charge < -0.3 is 4.98 Å². The summed E-state index contributed by atoms with van der Waals surface area (Å²) in [5, 5.41) is 8.90. The minimum atomic E-state index is 0.520. The zero-order valence-electron chi connectivity index (χ0n) is 13.5. The Bertz CT molecular complexity index is 787. The first-order valence-electron chi connectivity index (χ1n) is 8.07. The maximum absolute atomic E-state index is 8.90. The van der Waals surface area contributed by atoms with Crippen molar-refractivity contribution in [2.24, 2.45) is 0 Å². The van der Waals surface area contributed by atoms with E-state index in [2.05, 4.69) is 33.1 Å². The fourth-order valence-corrected chi connectivity index (χ4v) is 2.69. The van der Waals surface area contributed by atoms with Gasteiger partial charge in [-0.1, -0.05) is 60.7 Å². The van der Waals surface area contributed by atoms with Crippen LogP contribution in [0.2, 0.25) is 0 Å². The monoisotopic (exact) mass is 316 g/mol. The lowest BCUT2D eigenvalue weighted by atomic mass is 10.2. The second-order valence-corrected chi connectivity index (χ2v) is 5.73. The molecule has 0 radical (unpaired) electrons. The third-order valence-electron chi connectivity index (χ3n) is 3.86. The van der Waals surface area contributed by atoms with Gasteiger partial charge >= 0.3 is 0 Å². The van der Waals surface area contributed by atoms with Gasteiger partial charge in [-0.15, -0.1) is 0 Å². The number of hydrogen-bond donors (Lipinski definition) is 1. The van der Waals surface area contributed by atoms with Crippen LogP contribution in [0.15, 0.2) is 66.9 Å². The number of hydrogen-bond acceptors (Lipinski definition) is 3. The molecule has 0 atom stereocenters. The maximum atomic E-state index is 8.90. The lowest BCUT2D eigenvalue weighted by Crippen LogP contribution is -2.24. The van der Waals surface area contributed by atoms with Crippen LogP contribution in [0, 0.1) is 11.3 Å². The predicted octanol–water partition coefficient (Wildman–Crippen LogP) is 3.99. The molecule has 0 aliphatic heterocycles. The number of imidazole rings is 1. The van der Waals surface area contributed by atoms with E-state index in [0.29, 0.717) is 6.42 Å². The number of rotatable bonds is 7. The summed E-state index contributed by atoms with van der Waals surface area (Å²) in [6.07, 6.45) is 2.40. The van der Waals surface area contributed by atoms with Crippen molar-refractivity contribution in [2.75, 3.05) is 6.54 Å². The Kier molecular flexibility index (Phi) is 5.39. The van der Waals surface area contributed by atoms with Crippen LogP contribution in [0.1, 0.15) is 17.7 Å². The molecule has 0 aliphatic rings. The van der Waals surface area contributed by atoms with Crippen LogP contribution in [0.25, 0.3) is 11.4 Å². The lowest BCUT2D eigenvalue weighted by molar-refractivity contribution is 0.260. The molecule has 3 rings (SSSR count). The molecule has 0 spiro atoms. The van der Waals surface area contributed by atoms with Crippen molar-refractivity contribution in [3.8, 4) is 17.5 Å². The van der Waals surface area contributed by atoms with Crippen LogP contribution in [0.3, 0.4) is 0 Å². The van der Waals surface area contributed by atoms with Crippen LogP contribution >= 0.6 is 0 Å². The molecule has 0 unspecified atom stereocenters. The van der Waals surface area contributed by atoms with Gasteiger partial charge in [-0.2, -0.15) is 5.26 Å². The van der Waals surface area contributed by atoms with Crippen LogP contribution < -0.4 is 0 Å². The molecular weight excluding hydrogens is 296 g/mol. The molecule has 0 saturated heterocycles. The Balaban J connectivity index is 1.70. The summed E-state index contributed by atoms with van der Waals surface area (Å²) in [5.41, 5.74) is 3.39. The van der Waals surface area contributed by atoms with Crippen molar-refractivity contribution in [3.05, 3.63) is 78.1 Å². The summed E-state index contributed by atoms with van der Waals surface area (Å²) in [6.45, 7) is 2.31. The average molecular weight is 316 g/mol. The normalized spacial score (nSPS) is 10.7. The number of H-pyrrole nitrogens is 1. The second kappa shape index (κ2) is 8.09. The molecule has 120 valence electrons. The highest BCUT2D eigenvalue weighted by Crippen LogP contribution is 2.16. The summed E-state index contributed by atoms with van der Waals surface area (Å²) in [5.74, 6) is 0.880. The van der Waals surface area contributed by atoms with E-state index in [9.17, 15) is 0 Å². The standard InChI is InChI=1S/C20H20N4/c21-12-7-13-24(15-17-8-3-1-4-9-17)16-19-14-22-20(23-19)18-10-5-2-6-11-18/h1-6,8-11,14H,7,13,15-16H2,(H,22,23). The number of aromatic nitrogens is 2. The molecule has 4 heteroatoms. The van der Waals surface area contributed by atoms with E-state index in [0.717, 1.165) is 36.7 Å². The van der Waals surface area contributed by atoms with Crippen LogP contribution in [0.4, 0.5) is 0 Å². The molecule has 3 aromatic rings.